The first-order valence-electron chi connectivity index (χ1n) is 3.90. The zero-order valence-electron chi connectivity index (χ0n) is 6.27. The fourth-order valence-corrected chi connectivity index (χ4v) is 1.06. The van der Waals surface area contributed by atoms with Crippen molar-refractivity contribution in [3.05, 3.63) is 0 Å². The molecule has 0 aromatic heterocycles. The molecule has 1 aliphatic rings. The summed E-state index contributed by atoms with van der Waals surface area (Å²) in [7, 11) is 0. The summed E-state index contributed by atoms with van der Waals surface area (Å²) in [6.45, 7) is 1.93. The van der Waals surface area contributed by atoms with Gasteiger partial charge in [0.25, 0.3) is 0 Å². The molecule has 0 spiro atoms. The Hall–Kier alpha value is -0.160. The van der Waals surface area contributed by atoms with Crippen molar-refractivity contribution in [3.8, 4) is 0 Å². The number of nitrogens with two attached hydrogens (primary N) is 1. The van der Waals surface area contributed by atoms with Gasteiger partial charge in [0, 0.05) is 13.1 Å². The van der Waals surface area contributed by atoms with Crippen LogP contribution in [0.1, 0.15) is 25.7 Å². The second-order valence-corrected chi connectivity index (χ2v) is 2.65. The molecule has 1 heterocycles. The van der Waals surface area contributed by atoms with Crippen LogP contribution in [0.25, 0.3) is 0 Å². The van der Waals surface area contributed by atoms with E-state index in [1.54, 1.807) is 5.12 Å². The molecule has 60 valence electrons. The summed E-state index contributed by atoms with van der Waals surface area (Å²) in [6.07, 6.45) is 5.02. The molecule has 0 bridgehead atoms. The first kappa shape index (κ1) is 7.94. The van der Waals surface area contributed by atoms with Crippen molar-refractivity contribution in [2.24, 2.45) is 5.84 Å². The topological polar surface area (TPSA) is 53.3 Å². The van der Waals surface area contributed by atoms with E-state index in [-0.39, 0.29) is 0 Å². The molecule has 0 radical (unpaired) electrons. The average Bonchev–Trinajstić information content (AvgIpc) is 2.02. The van der Waals surface area contributed by atoms with Crippen LogP contribution in [0.3, 0.4) is 0 Å². The van der Waals surface area contributed by atoms with Crippen LogP contribution in [0.2, 0.25) is 0 Å². The lowest BCUT2D eigenvalue weighted by Crippen LogP contribution is -2.51. The molecule has 0 atom stereocenters. The molecular formula is C6H16N4. The molecule has 0 amide bonds. The number of rotatable bonds is 0. The van der Waals surface area contributed by atoms with Gasteiger partial charge >= 0.3 is 0 Å². The van der Waals surface area contributed by atoms with Crippen LogP contribution in [0, 0.1) is 0 Å². The van der Waals surface area contributed by atoms with Gasteiger partial charge < -0.3 is 0 Å². The average molecular weight is 144 g/mol. The van der Waals surface area contributed by atoms with Crippen molar-refractivity contribution in [1.82, 2.24) is 16.1 Å². The molecule has 1 aliphatic heterocycles. The smallest absolute Gasteiger partial charge is 0.0299 e. The van der Waals surface area contributed by atoms with Crippen molar-refractivity contribution < 1.29 is 0 Å². The molecule has 0 aliphatic carbocycles. The van der Waals surface area contributed by atoms with Gasteiger partial charge in [-0.05, 0) is 12.8 Å². The van der Waals surface area contributed by atoms with Gasteiger partial charge in [0.05, 0.1) is 0 Å². The van der Waals surface area contributed by atoms with E-state index in [4.69, 9.17) is 5.84 Å². The van der Waals surface area contributed by atoms with Gasteiger partial charge in [-0.15, -0.1) is 0 Å². The predicted molar refractivity (Wildman–Crippen MR) is 40.5 cm³/mol. The minimum Gasteiger partial charge on any atom is -0.254 e. The predicted octanol–water partition coefficient (Wildman–Crippen LogP) is -0.255. The van der Waals surface area contributed by atoms with Crippen molar-refractivity contribution >= 4 is 0 Å². The van der Waals surface area contributed by atoms with E-state index in [0.717, 1.165) is 13.1 Å². The van der Waals surface area contributed by atoms with Gasteiger partial charge in [-0.1, -0.05) is 12.8 Å². The molecule has 10 heavy (non-hydrogen) atoms. The maximum atomic E-state index is 5.53. The van der Waals surface area contributed by atoms with E-state index in [9.17, 15) is 0 Å². The molecule has 0 unspecified atom stereocenters. The molecular weight excluding hydrogens is 128 g/mol. The number of nitrogens with zero attached hydrogens (tertiary/aromatic N) is 1. The Morgan fingerprint density at radius 2 is 1.90 bits per heavy atom. The second kappa shape index (κ2) is 4.62. The summed E-state index contributed by atoms with van der Waals surface area (Å²) >= 11 is 0. The van der Waals surface area contributed by atoms with E-state index in [1.165, 1.54) is 25.7 Å². The highest BCUT2D eigenvalue weighted by Crippen LogP contribution is 1.99. The third-order valence-electron chi connectivity index (χ3n) is 1.67. The van der Waals surface area contributed by atoms with E-state index in [1.807, 2.05) is 0 Å². The zero-order chi connectivity index (χ0) is 7.23. The van der Waals surface area contributed by atoms with Gasteiger partial charge in [-0.3, -0.25) is 5.84 Å². The maximum absolute atomic E-state index is 5.53. The molecule has 0 aromatic rings. The van der Waals surface area contributed by atoms with Gasteiger partial charge in [-0.25, -0.2) is 5.43 Å². The van der Waals surface area contributed by atoms with Gasteiger partial charge in [0.2, 0.25) is 0 Å². The summed E-state index contributed by atoms with van der Waals surface area (Å²) in [6, 6.07) is 0. The van der Waals surface area contributed by atoms with Crippen LogP contribution < -0.4 is 16.8 Å². The van der Waals surface area contributed by atoms with Crippen molar-refractivity contribution in [1.29, 1.82) is 0 Å². The molecule has 1 fully saturated rings. The van der Waals surface area contributed by atoms with E-state index in [0.29, 0.717) is 0 Å². The minimum absolute atomic E-state index is 0.924. The highest BCUT2D eigenvalue weighted by molar-refractivity contribution is 4.50. The lowest BCUT2D eigenvalue weighted by Gasteiger charge is -2.15. The largest absolute Gasteiger partial charge is 0.254 e. The lowest BCUT2D eigenvalue weighted by atomic mass is 10.2. The molecule has 1 saturated heterocycles. The molecule has 4 heteroatoms. The Balaban J connectivity index is 2.15. The third kappa shape index (κ3) is 3.12. The second-order valence-electron chi connectivity index (χ2n) is 2.65. The molecule has 4 nitrogen and oxygen atoms in total. The van der Waals surface area contributed by atoms with Gasteiger partial charge in [0.1, 0.15) is 0 Å². The maximum Gasteiger partial charge on any atom is 0.0299 e. The molecule has 0 aromatic carbocycles. The normalized spacial score (nSPS) is 24.9. The van der Waals surface area contributed by atoms with Gasteiger partial charge in [0.15, 0.2) is 0 Å². The minimum atomic E-state index is 0.924. The first-order valence-corrected chi connectivity index (χ1v) is 3.90. The molecule has 1 rings (SSSR count). The van der Waals surface area contributed by atoms with Crippen LogP contribution >= 0.6 is 0 Å². The summed E-state index contributed by atoms with van der Waals surface area (Å²) < 4.78 is 0. The van der Waals surface area contributed by atoms with Crippen LogP contribution in [0.15, 0.2) is 0 Å². The van der Waals surface area contributed by atoms with Crippen LogP contribution in [0.5, 0.6) is 0 Å². The van der Waals surface area contributed by atoms with E-state index in [2.05, 4.69) is 11.0 Å². The third-order valence-corrected chi connectivity index (χ3v) is 1.67. The van der Waals surface area contributed by atoms with Crippen molar-refractivity contribution in [2.45, 2.75) is 25.7 Å². The number of hydrazine groups is 3. The fraction of sp³-hybridized carbons (Fsp3) is 1.00. The number of nitrogens with one attached hydrogen (secondary N) is 2. The van der Waals surface area contributed by atoms with Crippen molar-refractivity contribution in [3.63, 3.8) is 0 Å². The summed E-state index contributed by atoms with van der Waals surface area (Å²) in [4.78, 5) is 0. The molecule has 4 N–H and O–H groups in total. The Kier molecular flexibility index (Phi) is 3.67. The van der Waals surface area contributed by atoms with Gasteiger partial charge in [-0.2, -0.15) is 10.7 Å². The summed E-state index contributed by atoms with van der Waals surface area (Å²) in [5, 5.41) is 1.60. The lowest BCUT2D eigenvalue weighted by molar-refractivity contribution is 0.156. The SMILES string of the molecule is NN1CCCCCCNN1. The van der Waals surface area contributed by atoms with E-state index < -0.39 is 0 Å². The Morgan fingerprint density at radius 1 is 1.10 bits per heavy atom. The molecule has 0 saturated carbocycles. The fourth-order valence-electron chi connectivity index (χ4n) is 1.06. The quantitative estimate of drug-likeness (QED) is 0.410. The van der Waals surface area contributed by atoms with Crippen molar-refractivity contribution in [2.75, 3.05) is 13.1 Å². The van der Waals surface area contributed by atoms with Crippen LogP contribution in [0.4, 0.5) is 0 Å². The Morgan fingerprint density at radius 3 is 2.80 bits per heavy atom. The zero-order valence-corrected chi connectivity index (χ0v) is 6.27. The highest BCUT2D eigenvalue weighted by atomic mass is 15.8. The van der Waals surface area contributed by atoms with E-state index >= 15 is 0 Å². The van der Waals surface area contributed by atoms with Crippen LogP contribution in [-0.4, -0.2) is 18.2 Å². The number of hydrogen-bond donors (Lipinski definition) is 3. The monoisotopic (exact) mass is 144 g/mol. The Bertz CT molecular complexity index is 75.8. The summed E-state index contributed by atoms with van der Waals surface area (Å²) in [5.41, 5.74) is 5.91. The number of hydrogen-bond acceptors (Lipinski definition) is 4. The summed E-state index contributed by atoms with van der Waals surface area (Å²) in [5.74, 6) is 5.53. The highest BCUT2D eigenvalue weighted by Gasteiger charge is 1.99. The Labute approximate surface area is 61.7 Å². The van der Waals surface area contributed by atoms with Crippen LogP contribution in [-0.2, 0) is 0 Å². The standard InChI is InChI=1S/C6H16N4/c7-10-6-4-2-1-3-5-8-9-10/h8-9H,1-7H2. The first-order chi connectivity index (χ1) is 4.89.